The molecule has 1 fully saturated rings. The molecule has 1 aromatic heterocycles. The molecule has 0 radical (unpaired) electrons. The van der Waals surface area contributed by atoms with Gasteiger partial charge >= 0.3 is 6.18 Å². The fourth-order valence-corrected chi connectivity index (χ4v) is 3.19. The lowest BCUT2D eigenvalue weighted by atomic mass is 10.1. The summed E-state index contributed by atoms with van der Waals surface area (Å²) in [6.45, 7) is 0.938. The summed E-state index contributed by atoms with van der Waals surface area (Å²) in [5.74, 6) is -3.19. The van der Waals surface area contributed by atoms with Gasteiger partial charge in [-0.25, -0.2) is 4.39 Å². The van der Waals surface area contributed by atoms with Crippen molar-refractivity contribution in [2.45, 2.75) is 18.5 Å². The minimum atomic E-state index is -4.68. The van der Waals surface area contributed by atoms with Crippen LogP contribution in [0.3, 0.4) is 0 Å². The first kappa shape index (κ1) is 16.8. The van der Waals surface area contributed by atoms with Gasteiger partial charge < -0.3 is 14.3 Å². The van der Waals surface area contributed by atoms with Crippen molar-refractivity contribution < 1.29 is 26.9 Å². The molecule has 6 nitrogen and oxygen atoms in total. The van der Waals surface area contributed by atoms with E-state index in [9.17, 15) is 22.4 Å². The Kier molecular flexibility index (Phi) is 3.67. The van der Waals surface area contributed by atoms with E-state index in [0.717, 1.165) is 0 Å². The van der Waals surface area contributed by atoms with Gasteiger partial charge in [0, 0.05) is 20.1 Å². The van der Waals surface area contributed by atoms with Crippen molar-refractivity contribution in [3.63, 3.8) is 0 Å². The number of hydrogen-bond donors (Lipinski definition) is 0. The van der Waals surface area contributed by atoms with Gasteiger partial charge in [0.25, 0.3) is 5.82 Å². The van der Waals surface area contributed by atoms with Gasteiger partial charge in [-0.2, -0.15) is 18.2 Å². The Morgan fingerprint density at radius 2 is 2.04 bits per heavy atom. The van der Waals surface area contributed by atoms with Crippen molar-refractivity contribution >= 4 is 17.3 Å². The molecule has 2 aromatic rings. The predicted molar refractivity (Wildman–Crippen MR) is 82.2 cm³/mol. The maximum Gasteiger partial charge on any atom is 0.455 e. The maximum absolute atomic E-state index is 13.5. The second kappa shape index (κ2) is 5.68. The van der Waals surface area contributed by atoms with E-state index in [1.165, 1.54) is 18.2 Å². The van der Waals surface area contributed by atoms with Crippen LogP contribution in [-0.2, 0) is 11.0 Å². The zero-order valence-electron chi connectivity index (χ0n) is 13.6. The Labute approximate surface area is 145 Å². The van der Waals surface area contributed by atoms with Crippen molar-refractivity contribution in [2.75, 3.05) is 29.9 Å². The summed E-state index contributed by atoms with van der Waals surface area (Å²) in [5.41, 5.74) is 1.18. The molecule has 4 rings (SSSR count). The van der Waals surface area contributed by atoms with Crippen LogP contribution in [0.1, 0.15) is 24.1 Å². The number of aromatic nitrogens is 2. The van der Waals surface area contributed by atoms with E-state index in [1.807, 2.05) is 4.90 Å². The first-order valence-electron chi connectivity index (χ1n) is 7.98. The van der Waals surface area contributed by atoms with Crippen LogP contribution in [0.5, 0.6) is 0 Å². The SMILES string of the molecule is CN1CCN(C(=O)[C@@H]2C[C@@H]2c2nc(C(F)(F)F)no2)c2ccc(F)cc21. The molecule has 1 aliphatic carbocycles. The highest BCUT2D eigenvalue weighted by molar-refractivity contribution is 6.01. The summed E-state index contributed by atoms with van der Waals surface area (Å²) < 4.78 is 55.9. The molecule has 0 saturated heterocycles. The lowest BCUT2D eigenvalue weighted by molar-refractivity contribution is -0.146. The largest absolute Gasteiger partial charge is 0.455 e. The molecule has 1 aliphatic heterocycles. The zero-order valence-corrected chi connectivity index (χ0v) is 13.6. The quantitative estimate of drug-likeness (QED) is 0.761. The number of benzene rings is 1. The highest BCUT2D eigenvalue weighted by Crippen LogP contribution is 2.49. The number of nitrogens with zero attached hydrogens (tertiary/aromatic N) is 4. The Balaban J connectivity index is 1.53. The van der Waals surface area contributed by atoms with Crippen molar-refractivity contribution in [2.24, 2.45) is 5.92 Å². The average molecular weight is 370 g/mol. The van der Waals surface area contributed by atoms with Crippen LogP contribution < -0.4 is 9.80 Å². The number of anilines is 2. The van der Waals surface area contributed by atoms with Crippen LogP contribution in [0.25, 0.3) is 0 Å². The number of carbonyl (C=O) groups excluding carboxylic acids is 1. The number of likely N-dealkylation sites (N-methyl/N-ethyl adjacent to an activating group) is 1. The van der Waals surface area contributed by atoms with E-state index in [-0.39, 0.29) is 11.8 Å². The molecule has 1 saturated carbocycles. The summed E-state index contributed by atoms with van der Waals surface area (Å²) in [6.07, 6.45) is -4.34. The first-order valence-corrected chi connectivity index (χ1v) is 7.98. The molecule has 2 aliphatic rings. The third-order valence-corrected chi connectivity index (χ3v) is 4.68. The summed E-state index contributed by atoms with van der Waals surface area (Å²) in [5, 5.41) is 2.93. The van der Waals surface area contributed by atoms with Crippen molar-refractivity contribution in [3.8, 4) is 0 Å². The van der Waals surface area contributed by atoms with Crippen molar-refractivity contribution in [1.29, 1.82) is 0 Å². The summed E-state index contributed by atoms with van der Waals surface area (Å²) in [4.78, 5) is 19.6. The number of rotatable bonds is 2. The summed E-state index contributed by atoms with van der Waals surface area (Å²) >= 11 is 0. The molecule has 0 unspecified atom stereocenters. The molecule has 0 N–H and O–H groups in total. The van der Waals surface area contributed by atoms with Gasteiger partial charge in [0.1, 0.15) is 5.82 Å². The van der Waals surface area contributed by atoms with Crippen molar-refractivity contribution in [3.05, 3.63) is 35.7 Å². The van der Waals surface area contributed by atoms with Gasteiger partial charge in [-0.3, -0.25) is 4.79 Å². The highest BCUT2D eigenvalue weighted by atomic mass is 19.4. The van der Waals surface area contributed by atoms with Crippen LogP contribution in [0.15, 0.2) is 22.7 Å². The van der Waals surface area contributed by atoms with Crippen LogP contribution in [0.2, 0.25) is 0 Å². The van der Waals surface area contributed by atoms with E-state index in [1.54, 1.807) is 11.9 Å². The minimum Gasteiger partial charge on any atom is -0.371 e. The number of amides is 1. The lowest BCUT2D eigenvalue weighted by Crippen LogP contribution is -2.43. The molecule has 1 aromatic carbocycles. The Hall–Kier alpha value is -2.65. The van der Waals surface area contributed by atoms with Crippen LogP contribution in [0.4, 0.5) is 28.9 Å². The third kappa shape index (κ3) is 2.78. The molecular weight excluding hydrogens is 356 g/mol. The number of carbonyl (C=O) groups is 1. The second-order valence-corrected chi connectivity index (χ2v) is 6.45. The maximum atomic E-state index is 13.5. The molecule has 10 heteroatoms. The van der Waals surface area contributed by atoms with E-state index in [4.69, 9.17) is 0 Å². The Morgan fingerprint density at radius 3 is 2.73 bits per heavy atom. The van der Waals surface area contributed by atoms with Crippen LogP contribution in [0, 0.1) is 11.7 Å². The van der Waals surface area contributed by atoms with Gasteiger partial charge in [-0.05, 0) is 24.6 Å². The normalized spacial score (nSPS) is 22.3. The first-order chi connectivity index (χ1) is 12.3. The number of halogens is 4. The lowest BCUT2D eigenvalue weighted by Gasteiger charge is -2.35. The molecular formula is C16H14F4N4O2. The molecule has 2 atom stereocenters. The van der Waals surface area contributed by atoms with E-state index >= 15 is 0 Å². The van der Waals surface area contributed by atoms with Gasteiger partial charge in [-0.1, -0.05) is 5.16 Å². The standard InChI is InChI=1S/C16H14F4N4O2/c1-23-4-5-24(11-3-2-8(17)6-12(11)23)14(25)10-7-9(10)13-21-15(22-26-13)16(18,19)20/h2-3,6,9-10H,4-5,7H2,1H3/t9-,10+/m0/s1. The van der Waals surface area contributed by atoms with Crippen molar-refractivity contribution in [1.82, 2.24) is 10.1 Å². The molecule has 0 spiro atoms. The van der Waals surface area contributed by atoms with Gasteiger partial charge in [-0.15, -0.1) is 0 Å². The highest BCUT2D eigenvalue weighted by Gasteiger charge is 2.51. The summed E-state index contributed by atoms with van der Waals surface area (Å²) in [6, 6.07) is 4.16. The molecule has 0 bridgehead atoms. The minimum absolute atomic E-state index is 0.177. The van der Waals surface area contributed by atoms with Gasteiger partial charge in [0.2, 0.25) is 11.8 Å². The van der Waals surface area contributed by atoms with Crippen LogP contribution in [-0.4, -0.2) is 36.2 Å². The number of hydrogen-bond acceptors (Lipinski definition) is 5. The molecule has 26 heavy (non-hydrogen) atoms. The monoisotopic (exact) mass is 370 g/mol. The topological polar surface area (TPSA) is 62.5 Å². The second-order valence-electron chi connectivity index (χ2n) is 6.45. The number of fused-ring (bicyclic) bond motifs is 1. The van der Waals surface area contributed by atoms with Gasteiger partial charge in [0.15, 0.2) is 0 Å². The summed E-state index contributed by atoms with van der Waals surface area (Å²) in [7, 11) is 1.80. The number of alkyl halides is 3. The predicted octanol–water partition coefficient (Wildman–Crippen LogP) is 2.81. The average Bonchev–Trinajstić information content (AvgIpc) is 3.21. The molecule has 138 valence electrons. The Morgan fingerprint density at radius 1 is 1.27 bits per heavy atom. The molecule has 2 heterocycles. The van der Waals surface area contributed by atoms with E-state index < -0.39 is 29.7 Å². The third-order valence-electron chi connectivity index (χ3n) is 4.68. The fourth-order valence-electron chi connectivity index (χ4n) is 3.19. The molecule has 1 amide bonds. The van der Waals surface area contributed by atoms with E-state index in [0.29, 0.717) is 30.9 Å². The van der Waals surface area contributed by atoms with Gasteiger partial charge in [0.05, 0.1) is 23.2 Å². The smallest absolute Gasteiger partial charge is 0.371 e. The zero-order chi connectivity index (χ0) is 18.6. The fraction of sp³-hybridized carbons (Fsp3) is 0.438. The Bertz CT molecular complexity index is 866. The van der Waals surface area contributed by atoms with E-state index in [2.05, 4.69) is 14.7 Å². The van der Waals surface area contributed by atoms with Crippen LogP contribution >= 0.6 is 0 Å².